The van der Waals surface area contributed by atoms with Gasteiger partial charge in [-0.25, -0.2) is 4.98 Å². The van der Waals surface area contributed by atoms with Gasteiger partial charge in [-0.05, 0) is 79.5 Å². The van der Waals surface area contributed by atoms with E-state index < -0.39 is 0 Å². The van der Waals surface area contributed by atoms with Crippen LogP contribution in [0.4, 0.5) is 34.5 Å². The van der Waals surface area contributed by atoms with E-state index in [0.29, 0.717) is 23.2 Å². The number of ether oxygens (including phenoxy) is 2. The van der Waals surface area contributed by atoms with Crippen molar-refractivity contribution in [3.8, 4) is 5.75 Å². The molecule has 1 aliphatic rings. The number of likely N-dealkylation sites (tertiary alicyclic amines) is 1. The second-order valence-corrected chi connectivity index (χ2v) is 11.0. The number of carbonyl (C=O) groups is 1. The highest BCUT2D eigenvalue weighted by atomic mass is 127. The van der Waals surface area contributed by atoms with Gasteiger partial charge >= 0.3 is 0 Å². The zero-order valence-corrected chi connectivity index (χ0v) is 23.6. The highest BCUT2D eigenvalue weighted by molar-refractivity contribution is 14.2. The van der Waals surface area contributed by atoms with Gasteiger partial charge in [0.1, 0.15) is 0 Å². The van der Waals surface area contributed by atoms with Crippen molar-refractivity contribution in [2.45, 2.75) is 6.42 Å². The van der Waals surface area contributed by atoms with Gasteiger partial charge in [-0.15, -0.1) is 0 Å². The highest BCUT2D eigenvalue weighted by Gasteiger charge is 2.16. The van der Waals surface area contributed by atoms with Crippen molar-refractivity contribution in [3.63, 3.8) is 0 Å². The van der Waals surface area contributed by atoms with Crippen molar-refractivity contribution >= 4 is 64.9 Å². The summed E-state index contributed by atoms with van der Waals surface area (Å²) in [5.74, 6) is 1.13. The van der Waals surface area contributed by atoms with Gasteiger partial charge in [-0.1, -0.05) is 12.6 Å². The number of methoxy groups -OCH3 is 2. The SMILES string of the molecule is C=CC(=O)Nc1cccc(Nc2nc(Nc3ccc(NI=C4CCN(CCOC)C4)cc3)ncc2OC)c1. The lowest BCUT2D eigenvalue weighted by molar-refractivity contribution is -0.111. The van der Waals surface area contributed by atoms with Crippen LogP contribution in [-0.2, 0) is 9.53 Å². The van der Waals surface area contributed by atoms with E-state index in [9.17, 15) is 4.79 Å². The van der Waals surface area contributed by atoms with E-state index >= 15 is 0 Å². The maximum absolute atomic E-state index is 11.6. The lowest BCUT2D eigenvalue weighted by Crippen LogP contribution is -2.24. The Hall–Kier alpha value is -3.55. The molecule has 11 heteroatoms. The van der Waals surface area contributed by atoms with Crippen LogP contribution in [0.1, 0.15) is 6.42 Å². The molecule has 4 N–H and O–H groups in total. The first-order chi connectivity index (χ1) is 18.6. The standard InChI is InChI=1S/C27H32IN7O3/c1-4-25(36)30-22-6-5-7-23(16-22)31-26-24(38-3)17-29-27(33-26)32-20-8-10-21(11-9-20)34-28-19-12-13-35(18-19)14-15-37-2/h4-11,16-17,34H,1,12-15,18H2,2-3H3,(H,30,36)(H2,29,31,32,33). The van der Waals surface area contributed by atoms with Crippen LogP contribution in [0.2, 0.25) is 0 Å². The van der Waals surface area contributed by atoms with Crippen LogP contribution in [0.3, 0.4) is 0 Å². The molecule has 0 atom stereocenters. The molecule has 200 valence electrons. The zero-order chi connectivity index (χ0) is 26.7. The van der Waals surface area contributed by atoms with Gasteiger partial charge in [0.15, 0.2) is 11.6 Å². The van der Waals surface area contributed by atoms with Crippen molar-refractivity contribution in [1.82, 2.24) is 14.9 Å². The second-order valence-electron chi connectivity index (χ2n) is 8.44. The maximum Gasteiger partial charge on any atom is 0.247 e. The number of amides is 1. The summed E-state index contributed by atoms with van der Waals surface area (Å²) in [7, 11) is 3.31. The zero-order valence-electron chi connectivity index (χ0n) is 21.5. The Balaban J connectivity index is 1.38. The molecule has 1 saturated heterocycles. The van der Waals surface area contributed by atoms with E-state index in [2.05, 4.69) is 53.1 Å². The fraction of sp³-hybridized carbons (Fsp3) is 0.259. The van der Waals surface area contributed by atoms with Crippen LogP contribution in [0.25, 0.3) is 0 Å². The third-order valence-electron chi connectivity index (χ3n) is 5.69. The molecule has 38 heavy (non-hydrogen) atoms. The molecule has 2 heterocycles. The molecule has 1 aliphatic heterocycles. The Bertz CT molecular complexity index is 1280. The van der Waals surface area contributed by atoms with E-state index in [4.69, 9.17) is 9.47 Å². The molecular formula is C27H32IN7O3. The quantitative estimate of drug-likeness (QED) is 0.126. The minimum atomic E-state index is -0.279. The predicted octanol–water partition coefficient (Wildman–Crippen LogP) is 4.92. The number of nitrogens with zero attached hydrogens (tertiary/aromatic N) is 3. The first-order valence-electron chi connectivity index (χ1n) is 12.1. The number of anilines is 6. The average molecular weight is 630 g/mol. The fourth-order valence-corrected chi connectivity index (χ4v) is 5.93. The molecule has 4 rings (SSSR count). The fourth-order valence-electron chi connectivity index (χ4n) is 3.71. The maximum atomic E-state index is 11.6. The molecular weight excluding hydrogens is 597 g/mol. The van der Waals surface area contributed by atoms with Gasteiger partial charge in [-0.2, -0.15) is 4.98 Å². The first kappa shape index (κ1) is 27.5. The van der Waals surface area contributed by atoms with Gasteiger partial charge in [0.05, 0.1) is 19.9 Å². The average Bonchev–Trinajstić information content (AvgIpc) is 3.39. The molecule has 1 amide bonds. The summed E-state index contributed by atoms with van der Waals surface area (Å²) in [4.78, 5) is 23.0. The highest BCUT2D eigenvalue weighted by Crippen LogP contribution is 2.28. The van der Waals surface area contributed by atoms with E-state index in [0.717, 1.165) is 43.3 Å². The Morgan fingerprint density at radius 1 is 1.11 bits per heavy atom. The van der Waals surface area contributed by atoms with Crippen LogP contribution in [0.15, 0.2) is 67.4 Å². The number of hydrogen-bond donors (Lipinski definition) is 4. The van der Waals surface area contributed by atoms with E-state index in [1.165, 1.54) is 12.5 Å². The third-order valence-corrected chi connectivity index (χ3v) is 8.23. The number of nitrogens with one attached hydrogen (secondary N) is 4. The summed E-state index contributed by atoms with van der Waals surface area (Å²) in [6.07, 6.45) is 4.00. The van der Waals surface area contributed by atoms with Gasteiger partial charge in [0.25, 0.3) is 0 Å². The molecule has 1 fully saturated rings. The molecule has 0 aliphatic carbocycles. The van der Waals surface area contributed by atoms with Crippen molar-refractivity contribution in [2.24, 2.45) is 0 Å². The summed E-state index contributed by atoms with van der Waals surface area (Å²) in [5.41, 5.74) is 3.35. The number of rotatable bonds is 12. The van der Waals surface area contributed by atoms with E-state index in [-0.39, 0.29) is 26.9 Å². The smallest absolute Gasteiger partial charge is 0.247 e. The summed E-state index contributed by atoms with van der Waals surface area (Å²) >= 11 is -0.215. The molecule has 10 nitrogen and oxygen atoms in total. The number of halogens is 1. The van der Waals surface area contributed by atoms with Crippen molar-refractivity contribution in [3.05, 3.63) is 67.4 Å². The summed E-state index contributed by atoms with van der Waals surface area (Å²) in [6, 6.07) is 15.4. The number of hydrogen-bond acceptors (Lipinski definition) is 9. The molecule has 3 aromatic rings. The third kappa shape index (κ3) is 7.97. The minimum absolute atomic E-state index is 0.215. The van der Waals surface area contributed by atoms with Crippen LogP contribution < -0.4 is 24.2 Å². The van der Waals surface area contributed by atoms with E-state index in [1.807, 2.05) is 24.3 Å². The predicted molar refractivity (Wildman–Crippen MR) is 162 cm³/mol. The van der Waals surface area contributed by atoms with Gasteiger partial charge < -0.3 is 29.0 Å². The van der Waals surface area contributed by atoms with Gasteiger partial charge in [0, 0.05) is 49.5 Å². The monoisotopic (exact) mass is 629 g/mol. The Kier molecular flexibility index (Phi) is 10.0. The number of benzene rings is 2. The van der Waals surface area contributed by atoms with Crippen LogP contribution in [0.5, 0.6) is 5.75 Å². The Morgan fingerprint density at radius 2 is 1.89 bits per heavy atom. The van der Waals surface area contributed by atoms with Gasteiger partial charge in [-0.3, -0.25) is 9.69 Å². The second kappa shape index (κ2) is 13.8. The molecule has 2 aromatic carbocycles. The molecule has 0 spiro atoms. The topological polar surface area (TPSA) is 113 Å². The Labute approximate surface area is 233 Å². The summed E-state index contributed by atoms with van der Waals surface area (Å²) < 4.78 is 15.9. The molecule has 1 aromatic heterocycles. The van der Waals surface area contributed by atoms with Crippen LogP contribution in [-0.4, -0.2) is 64.7 Å². The van der Waals surface area contributed by atoms with Crippen molar-refractivity contribution in [1.29, 1.82) is 0 Å². The molecule has 0 saturated carbocycles. The number of carbonyl (C=O) groups excluding carboxylic acids is 1. The van der Waals surface area contributed by atoms with Crippen molar-refractivity contribution < 1.29 is 14.3 Å². The largest absolute Gasteiger partial charge is 0.491 e. The van der Waals surface area contributed by atoms with Crippen LogP contribution >= 0.6 is 21.0 Å². The summed E-state index contributed by atoms with van der Waals surface area (Å²) in [6.45, 7) is 7.45. The van der Waals surface area contributed by atoms with Crippen LogP contribution in [0, 0.1) is 0 Å². The minimum Gasteiger partial charge on any atom is -0.491 e. The molecule has 0 unspecified atom stereocenters. The summed E-state index contributed by atoms with van der Waals surface area (Å²) in [5, 5.41) is 9.23. The van der Waals surface area contributed by atoms with Gasteiger partial charge in [0.2, 0.25) is 11.9 Å². The number of aromatic nitrogens is 2. The first-order valence-corrected chi connectivity index (χ1v) is 14.3. The Morgan fingerprint density at radius 3 is 2.66 bits per heavy atom. The van der Waals surface area contributed by atoms with E-state index in [1.54, 1.807) is 36.1 Å². The molecule has 0 radical (unpaired) electrons. The normalized spacial score (nSPS) is 14.4. The lowest BCUT2D eigenvalue weighted by atomic mass is 10.2. The lowest BCUT2D eigenvalue weighted by Gasteiger charge is -2.13. The molecule has 0 bridgehead atoms. The van der Waals surface area contributed by atoms with Crippen molar-refractivity contribution in [2.75, 3.05) is 59.9 Å².